The van der Waals surface area contributed by atoms with Gasteiger partial charge >= 0.3 is 6.18 Å². The highest BCUT2D eigenvalue weighted by atomic mass is 32.2. The molecule has 1 aromatic carbocycles. The lowest BCUT2D eigenvalue weighted by Gasteiger charge is -2.33. The van der Waals surface area contributed by atoms with E-state index < -0.39 is 28.1 Å². The second-order valence-electron chi connectivity index (χ2n) is 6.38. The van der Waals surface area contributed by atoms with E-state index in [0.717, 1.165) is 16.4 Å². The molecule has 0 radical (unpaired) electrons. The van der Waals surface area contributed by atoms with E-state index >= 15 is 0 Å². The van der Waals surface area contributed by atoms with Crippen molar-refractivity contribution in [2.75, 3.05) is 33.8 Å². The fourth-order valence-corrected chi connectivity index (χ4v) is 3.97. The van der Waals surface area contributed by atoms with Gasteiger partial charge in [0.15, 0.2) is 0 Å². The number of halogens is 3. The van der Waals surface area contributed by atoms with E-state index in [1.54, 1.807) is 0 Å². The van der Waals surface area contributed by atoms with Crippen LogP contribution in [0.4, 0.5) is 13.2 Å². The minimum atomic E-state index is -4.49. The van der Waals surface area contributed by atoms with Crippen LogP contribution < -0.4 is 0 Å². The number of alkyl halides is 3. The van der Waals surface area contributed by atoms with Gasteiger partial charge in [-0.2, -0.15) is 30.2 Å². The zero-order chi connectivity index (χ0) is 20.5. The van der Waals surface area contributed by atoms with Crippen molar-refractivity contribution < 1.29 is 26.3 Å². The molecule has 1 aliphatic rings. The van der Waals surface area contributed by atoms with Gasteiger partial charge in [0.05, 0.1) is 23.6 Å². The molecule has 3 rings (SSSR count). The van der Waals surface area contributed by atoms with E-state index in [1.807, 2.05) is 0 Å². The Morgan fingerprint density at radius 1 is 1.21 bits per heavy atom. The van der Waals surface area contributed by atoms with Crippen molar-refractivity contribution in [2.24, 2.45) is 0 Å². The molecule has 1 fully saturated rings. The van der Waals surface area contributed by atoms with Crippen LogP contribution in [0.2, 0.25) is 0 Å². The van der Waals surface area contributed by atoms with Crippen molar-refractivity contribution in [1.29, 1.82) is 0 Å². The number of hydrogen-bond donors (Lipinski definition) is 0. The van der Waals surface area contributed by atoms with Crippen LogP contribution >= 0.6 is 0 Å². The van der Waals surface area contributed by atoms with Crippen molar-refractivity contribution in [1.82, 2.24) is 18.6 Å². The summed E-state index contributed by atoms with van der Waals surface area (Å²) in [7, 11) is -0.801. The van der Waals surface area contributed by atoms with Crippen LogP contribution in [0.1, 0.15) is 17.4 Å². The van der Waals surface area contributed by atoms with Crippen molar-refractivity contribution in [2.45, 2.75) is 12.3 Å². The van der Waals surface area contributed by atoms with Crippen LogP contribution in [0.5, 0.6) is 0 Å². The van der Waals surface area contributed by atoms with Crippen molar-refractivity contribution in [3.63, 3.8) is 0 Å². The predicted molar refractivity (Wildman–Crippen MR) is 95.3 cm³/mol. The second-order valence-corrected chi connectivity index (χ2v) is 8.52. The van der Waals surface area contributed by atoms with E-state index in [-0.39, 0.29) is 31.0 Å². The Balaban J connectivity index is 1.97. The Morgan fingerprint density at radius 2 is 1.93 bits per heavy atom. The molecule has 1 saturated heterocycles. The summed E-state index contributed by atoms with van der Waals surface area (Å²) in [5.41, 5.74) is -0.0553. The third-order valence-corrected chi connectivity index (χ3v) is 6.22. The number of aromatic nitrogens is 2. The highest BCUT2D eigenvalue weighted by Gasteiger charge is 2.34. The number of morpholine rings is 1. The molecule has 1 aliphatic heterocycles. The molecule has 2 heterocycles. The molecule has 11 heteroatoms. The van der Waals surface area contributed by atoms with Gasteiger partial charge in [-0.25, -0.2) is 0 Å². The molecule has 2 aromatic rings. The van der Waals surface area contributed by atoms with Gasteiger partial charge in [0, 0.05) is 45.1 Å². The summed E-state index contributed by atoms with van der Waals surface area (Å²) in [6, 6.07) is 4.76. The number of rotatable bonds is 4. The minimum absolute atomic E-state index is 0.00876. The van der Waals surface area contributed by atoms with E-state index in [1.165, 1.54) is 42.9 Å². The SMILES string of the molecule is CN(C)S(=O)(=O)N1CCOC(c2nccnc2-c2cccc(C(F)(F)F)c2)C1. The number of ether oxygens (including phenoxy) is 1. The topological polar surface area (TPSA) is 75.6 Å². The summed E-state index contributed by atoms with van der Waals surface area (Å²) in [5.74, 6) is 0. The van der Waals surface area contributed by atoms with Gasteiger partial charge in [-0.1, -0.05) is 12.1 Å². The number of hydrogen-bond acceptors (Lipinski definition) is 5. The third-order valence-electron chi connectivity index (χ3n) is 4.31. The Kier molecular flexibility index (Phi) is 5.71. The van der Waals surface area contributed by atoms with Crippen LogP contribution in [-0.2, 0) is 21.1 Å². The first kappa shape index (κ1) is 20.6. The summed E-state index contributed by atoms with van der Waals surface area (Å²) in [5, 5.41) is 0. The first-order valence-corrected chi connectivity index (χ1v) is 9.78. The predicted octanol–water partition coefficient (Wildman–Crippen LogP) is 2.34. The minimum Gasteiger partial charge on any atom is -0.369 e. The summed E-state index contributed by atoms with van der Waals surface area (Å²) in [4.78, 5) is 8.41. The summed E-state index contributed by atoms with van der Waals surface area (Å²) in [6.07, 6.45) is -2.47. The Labute approximate surface area is 161 Å². The first-order valence-electron chi connectivity index (χ1n) is 8.38. The van der Waals surface area contributed by atoms with Crippen molar-refractivity contribution in [3.05, 3.63) is 47.9 Å². The molecular formula is C17H19F3N4O3S. The molecule has 1 unspecified atom stereocenters. The van der Waals surface area contributed by atoms with E-state index in [9.17, 15) is 21.6 Å². The molecule has 0 aliphatic carbocycles. The van der Waals surface area contributed by atoms with Crippen LogP contribution in [-0.4, -0.2) is 60.8 Å². The van der Waals surface area contributed by atoms with Gasteiger partial charge < -0.3 is 4.74 Å². The number of benzene rings is 1. The van der Waals surface area contributed by atoms with Gasteiger partial charge in [-0.3, -0.25) is 9.97 Å². The van der Waals surface area contributed by atoms with Gasteiger partial charge in [-0.05, 0) is 12.1 Å². The molecule has 0 N–H and O–H groups in total. The van der Waals surface area contributed by atoms with E-state index in [0.29, 0.717) is 5.69 Å². The highest BCUT2D eigenvalue weighted by molar-refractivity contribution is 7.86. The van der Waals surface area contributed by atoms with Crippen LogP contribution in [0.15, 0.2) is 36.7 Å². The highest BCUT2D eigenvalue weighted by Crippen LogP contribution is 2.34. The number of nitrogens with zero attached hydrogens (tertiary/aromatic N) is 4. The molecule has 1 aromatic heterocycles. The maximum Gasteiger partial charge on any atom is 0.416 e. The largest absolute Gasteiger partial charge is 0.416 e. The van der Waals surface area contributed by atoms with Crippen LogP contribution in [0.25, 0.3) is 11.3 Å². The Bertz CT molecular complexity index is 951. The van der Waals surface area contributed by atoms with Gasteiger partial charge in [0.2, 0.25) is 0 Å². The molecule has 0 spiro atoms. The quantitative estimate of drug-likeness (QED) is 0.765. The van der Waals surface area contributed by atoms with Gasteiger partial charge in [0.1, 0.15) is 6.10 Å². The van der Waals surface area contributed by atoms with E-state index in [2.05, 4.69) is 9.97 Å². The monoisotopic (exact) mass is 416 g/mol. The van der Waals surface area contributed by atoms with Crippen molar-refractivity contribution in [3.8, 4) is 11.3 Å². The molecule has 0 saturated carbocycles. The standard InChI is InChI=1S/C17H19F3N4O3S/c1-23(2)28(25,26)24-8-9-27-14(11-24)16-15(21-6-7-22-16)12-4-3-5-13(10-12)17(18,19)20/h3-7,10,14H,8-9,11H2,1-2H3. The zero-order valence-corrected chi connectivity index (χ0v) is 16.0. The smallest absolute Gasteiger partial charge is 0.369 e. The maximum absolute atomic E-state index is 13.1. The molecule has 1 atom stereocenters. The van der Waals surface area contributed by atoms with Crippen molar-refractivity contribution >= 4 is 10.2 Å². The molecular weight excluding hydrogens is 397 g/mol. The lowest BCUT2D eigenvalue weighted by Crippen LogP contribution is -2.47. The van der Waals surface area contributed by atoms with Gasteiger partial charge in [0.25, 0.3) is 10.2 Å². The molecule has 28 heavy (non-hydrogen) atoms. The lowest BCUT2D eigenvalue weighted by atomic mass is 10.0. The summed E-state index contributed by atoms with van der Waals surface area (Å²) >= 11 is 0. The fourth-order valence-electron chi connectivity index (χ4n) is 2.88. The average molecular weight is 416 g/mol. The normalized spacial score (nSPS) is 19.1. The molecule has 0 amide bonds. The fraction of sp³-hybridized carbons (Fsp3) is 0.412. The molecule has 0 bridgehead atoms. The zero-order valence-electron chi connectivity index (χ0n) is 15.2. The van der Waals surface area contributed by atoms with Crippen LogP contribution in [0.3, 0.4) is 0 Å². The molecule has 7 nitrogen and oxygen atoms in total. The Morgan fingerprint density at radius 3 is 2.61 bits per heavy atom. The first-order chi connectivity index (χ1) is 13.1. The van der Waals surface area contributed by atoms with Gasteiger partial charge in [-0.15, -0.1) is 0 Å². The summed E-state index contributed by atoms with van der Waals surface area (Å²) in [6.45, 7) is 0.303. The second kappa shape index (κ2) is 7.74. The molecule has 152 valence electrons. The summed E-state index contributed by atoms with van der Waals surface area (Å²) < 4.78 is 72.0. The third kappa shape index (κ3) is 4.17. The maximum atomic E-state index is 13.1. The Hall–Kier alpha value is -2.08. The van der Waals surface area contributed by atoms with Crippen LogP contribution in [0, 0.1) is 0 Å². The van der Waals surface area contributed by atoms with E-state index in [4.69, 9.17) is 4.74 Å². The average Bonchev–Trinajstić information content (AvgIpc) is 2.67. The lowest BCUT2D eigenvalue weighted by molar-refractivity contribution is -0.137.